The van der Waals surface area contributed by atoms with E-state index in [2.05, 4.69) is 15.1 Å². The number of fused-ring (bicyclic) bond motifs is 1. The summed E-state index contributed by atoms with van der Waals surface area (Å²) in [4.78, 5) is 33.9. The van der Waals surface area contributed by atoms with Crippen LogP contribution in [-0.4, -0.2) is 63.5 Å². The van der Waals surface area contributed by atoms with E-state index >= 15 is 0 Å². The van der Waals surface area contributed by atoms with Gasteiger partial charge in [0.1, 0.15) is 17.0 Å². The Morgan fingerprint density at radius 3 is 2.50 bits per heavy atom. The lowest BCUT2D eigenvalue weighted by Crippen LogP contribution is -2.29. The minimum atomic E-state index is -0.473. The first-order valence-corrected chi connectivity index (χ1v) is 14.5. The molecule has 1 amide bonds. The van der Waals surface area contributed by atoms with Gasteiger partial charge in [0.2, 0.25) is 0 Å². The second kappa shape index (κ2) is 12.2. The quantitative estimate of drug-likeness (QED) is 0.187. The SMILES string of the molecule is COc1ccc(C2=NN(C(=O)CSc3nc4c(cnn4-c4ccc(F)cc4)c(=O)[nH]3)[C@@H](c3cccc(OC)c3OC)C2)cc1. The zero-order valence-corrected chi connectivity index (χ0v) is 24.8. The van der Waals surface area contributed by atoms with E-state index in [1.165, 1.54) is 28.0 Å². The molecule has 224 valence electrons. The van der Waals surface area contributed by atoms with Gasteiger partial charge in [-0.15, -0.1) is 0 Å². The predicted octanol–water partition coefficient (Wildman–Crippen LogP) is 4.74. The van der Waals surface area contributed by atoms with Gasteiger partial charge < -0.3 is 19.2 Å². The average molecular weight is 615 g/mol. The number of hydrogen-bond donors (Lipinski definition) is 1. The van der Waals surface area contributed by atoms with E-state index < -0.39 is 17.4 Å². The van der Waals surface area contributed by atoms with E-state index in [1.54, 1.807) is 39.5 Å². The molecule has 1 atom stereocenters. The number of thioether (sulfide) groups is 1. The standard InChI is InChI=1S/C31H27FN6O5S/c1-41-21-13-7-18(8-14-21)24-15-25(22-5-4-6-26(42-2)28(22)43-3)38(36-24)27(39)17-44-31-34-29-23(30(40)35-31)16-33-37(29)20-11-9-19(32)10-12-20/h4-14,16,25H,15,17H2,1-3H3,(H,34,35,40)/t25-/m1/s1. The Morgan fingerprint density at radius 2 is 1.80 bits per heavy atom. The fourth-order valence-electron chi connectivity index (χ4n) is 5.05. The summed E-state index contributed by atoms with van der Waals surface area (Å²) in [6.45, 7) is 0. The van der Waals surface area contributed by atoms with Gasteiger partial charge in [0.05, 0.1) is 50.7 Å². The number of nitrogens with one attached hydrogen (secondary N) is 1. The van der Waals surface area contributed by atoms with Crippen LogP contribution in [0.4, 0.5) is 4.39 Å². The topological polar surface area (TPSA) is 124 Å². The van der Waals surface area contributed by atoms with Crippen LogP contribution in [0.5, 0.6) is 17.2 Å². The van der Waals surface area contributed by atoms with Crippen molar-refractivity contribution >= 4 is 34.4 Å². The number of benzene rings is 3. The summed E-state index contributed by atoms with van der Waals surface area (Å²) >= 11 is 1.07. The molecular formula is C31H27FN6O5S. The second-order valence-electron chi connectivity index (χ2n) is 9.75. The number of carbonyl (C=O) groups excluding carboxylic acids is 1. The van der Waals surface area contributed by atoms with Crippen molar-refractivity contribution in [1.82, 2.24) is 24.8 Å². The lowest BCUT2D eigenvalue weighted by molar-refractivity contribution is -0.130. The molecule has 1 aliphatic rings. The molecule has 5 aromatic rings. The third-order valence-electron chi connectivity index (χ3n) is 7.20. The Morgan fingerprint density at radius 1 is 1.02 bits per heavy atom. The third kappa shape index (κ3) is 5.49. The summed E-state index contributed by atoms with van der Waals surface area (Å²) < 4.78 is 31.4. The van der Waals surface area contributed by atoms with E-state index in [0.717, 1.165) is 28.6 Å². The largest absolute Gasteiger partial charge is 0.497 e. The molecule has 2 aromatic heterocycles. The number of para-hydroxylation sites is 1. The Labute approximate surface area is 255 Å². The number of hydrogen-bond acceptors (Lipinski definition) is 9. The zero-order valence-electron chi connectivity index (χ0n) is 24.0. The van der Waals surface area contributed by atoms with Crippen molar-refractivity contribution in [3.63, 3.8) is 0 Å². The van der Waals surface area contributed by atoms with Crippen molar-refractivity contribution in [3.05, 3.63) is 100 Å². The Balaban J connectivity index is 1.31. The van der Waals surface area contributed by atoms with Crippen molar-refractivity contribution in [2.75, 3.05) is 27.1 Å². The van der Waals surface area contributed by atoms with Crippen LogP contribution in [-0.2, 0) is 4.79 Å². The maximum absolute atomic E-state index is 13.8. The molecule has 0 unspecified atom stereocenters. The van der Waals surface area contributed by atoms with Crippen molar-refractivity contribution in [1.29, 1.82) is 0 Å². The van der Waals surface area contributed by atoms with Crippen LogP contribution in [0, 0.1) is 5.82 Å². The van der Waals surface area contributed by atoms with E-state index in [0.29, 0.717) is 29.4 Å². The number of nitrogens with zero attached hydrogens (tertiary/aromatic N) is 5. The van der Waals surface area contributed by atoms with Crippen LogP contribution >= 0.6 is 11.8 Å². The number of H-pyrrole nitrogens is 1. The molecule has 0 spiro atoms. The highest BCUT2D eigenvalue weighted by Gasteiger charge is 2.35. The molecule has 1 aliphatic heterocycles. The smallest absolute Gasteiger partial charge is 0.262 e. The van der Waals surface area contributed by atoms with Gasteiger partial charge in [-0.25, -0.2) is 19.1 Å². The van der Waals surface area contributed by atoms with Crippen molar-refractivity contribution in [2.24, 2.45) is 5.10 Å². The predicted molar refractivity (Wildman–Crippen MR) is 163 cm³/mol. The molecule has 0 aliphatic carbocycles. The van der Waals surface area contributed by atoms with Crippen LogP contribution < -0.4 is 19.8 Å². The van der Waals surface area contributed by atoms with Crippen LogP contribution in [0.15, 0.2) is 88.0 Å². The summed E-state index contributed by atoms with van der Waals surface area (Å²) in [7, 11) is 4.71. The fourth-order valence-corrected chi connectivity index (χ4v) is 5.76. The van der Waals surface area contributed by atoms with Gasteiger partial charge in [0.15, 0.2) is 22.3 Å². The molecule has 3 aromatic carbocycles. The molecule has 1 N–H and O–H groups in total. The van der Waals surface area contributed by atoms with E-state index in [9.17, 15) is 14.0 Å². The van der Waals surface area contributed by atoms with Gasteiger partial charge in [-0.3, -0.25) is 9.59 Å². The minimum absolute atomic E-state index is 0.0681. The van der Waals surface area contributed by atoms with Gasteiger partial charge >= 0.3 is 0 Å². The van der Waals surface area contributed by atoms with Gasteiger partial charge in [0, 0.05) is 12.0 Å². The number of methoxy groups -OCH3 is 3. The molecule has 6 rings (SSSR count). The average Bonchev–Trinajstić information content (AvgIpc) is 3.69. The lowest BCUT2D eigenvalue weighted by Gasteiger charge is -2.24. The number of amides is 1. The maximum atomic E-state index is 13.8. The number of ether oxygens (including phenoxy) is 3. The molecule has 0 bridgehead atoms. The summed E-state index contributed by atoms with van der Waals surface area (Å²) in [5, 5.41) is 10.9. The number of aromatic nitrogens is 4. The zero-order chi connectivity index (χ0) is 30.8. The second-order valence-corrected chi connectivity index (χ2v) is 10.7. The van der Waals surface area contributed by atoms with Crippen molar-refractivity contribution < 1.29 is 23.4 Å². The first-order valence-electron chi connectivity index (χ1n) is 13.5. The van der Waals surface area contributed by atoms with E-state index in [4.69, 9.17) is 19.3 Å². The highest BCUT2D eigenvalue weighted by molar-refractivity contribution is 7.99. The summed E-state index contributed by atoms with van der Waals surface area (Å²) in [6, 6.07) is 18.2. The third-order valence-corrected chi connectivity index (χ3v) is 8.06. The Hall–Kier alpha value is -5.17. The van der Waals surface area contributed by atoms with Gasteiger partial charge in [-0.2, -0.15) is 10.2 Å². The normalized spacial score (nSPS) is 14.5. The highest BCUT2D eigenvalue weighted by Crippen LogP contribution is 2.42. The van der Waals surface area contributed by atoms with Crippen LogP contribution in [0.3, 0.4) is 0 Å². The lowest BCUT2D eigenvalue weighted by atomic mass is 9.97. The number of aromatic amines is 1. The summed E-state index contributed by atoms with van der Waals surface area (Å²) in [5.41, 5.74) is 2.74. The van der Waals surface area contributed by atoms with Gasteiger partial charge in [-0.1, -0.05) is 23.9 Å². The van der Waals surface area contributed by atoms with Crippen LogP contribution in [0.1, 0.15) is 23.6 Å². The number of halogens is 1. The monoisotopic (exact) mass is 614 g/mol. The van der Waals surface area contributed by atoms with Crippen LogP contribution in [0.25, 0.3) is 16.7 Å². The number of rotatable bonds is 9. The Kier molecular flexibility index (Phi) is 8.03. The van der Waals surface area contributed by atoms with E-state index in [-0.39, 0.29) is 27.8 Å². The van der Waals surface area contributed by atoms with Gasteiger partial charge in [0.25, 0.3) is 11.5 Å². The first kappa shape index (κ1) is 28.9. The molecule has 13 heteroatoms. The molecular weight excluding hydrogens is 587 g/mol. The van der Waals surface area contributed by atoms with Crippen molar-refractivity contribution in [3.8, 4) is 22.9 Å². The van der Waals surface area contributed by atoms with E-state index in [1.807, 2.05) is 36.4 Å². The number of carbonyl (C=O) groups is 1. The summed E-state index contributed by atoms with van der Waals surface area (Å²) in [6.07, 6.45) is 1.83. The molecule has 0 saturated heterocycles. The molecule has 0 radical (unpaired) electrons. The van der Waals surface area contributed by atoms with Crippen molar-refractivity contribution in [2.45, 2.75) is 17.6 Å². The molecule has 11 nitrogen and oxygen atoms in total. The first-order chi connectivity index (χ1) is 21.4. The Bertz CT molecular complexity index is 1920. The fraction of sp³-hybridized carbons (Fsp3) is 0.194. The minimum Gasteiger partial charge on any atom is -0.497 e. The molecule has 3 heterocycles. The molecule has 44 heavy (non-hydrogen) atoms. The molecule has 0 saturated carbocycles. The number of hydrazone groups is 1. The van der Waals surface area contributed by atoms with Gasteiger partial charge in [-0.05, 0) is 60.2 Å². The maximum Gasteiger partial charge on any atom is 0.262 e. The summed E-state index contributed by atoms with van der Waals surface area (Å²) in [5.74, 6) is 1.00. The van der Waals surface area contributed by atoms with Crippen LogP contribution in [0.2, 0.25) is 0 Å². The highest BCUT2D eigenvalue weighted by atomic mass is 32.2. The molecule has 0 fully saturated rings.